The highest BCUT2D eigenvalue weighted by atomic mass is 32.2. The normalized spacial score (nSPS) is 24.0. The van der Waals surface area contributed by atoms with Crippen molar-refractivity contribution < 1.29 is 9.47 Å². The van der Waals surface area contributed by atoms with Gasteiger partial charge < -0.3 is 19.7 Å². The first-order chi connectivity index (χ1) is 11.3. The number of guanidine groups is 1. The summed E-state index contributed by atoms with van der Waals surface area (Å²) in [6.07, 6.45) is 4.56. The van der Waals surface area contributed by atoms with Gasteiger partial charge in [0.15, 0.2) is 5.96 Å². The van der Waals surface area contributed by atoms with Crippen molar-refractivity contribution in [3.8, 4) is 0 Å². The predicted molar refractivity (Wildman–Crippen MR) is 98.5 cm³/mol. The van der Waals surface area contributed by atoms with Crippen LogP contribution in [0.3, 0.4) is 0 Å². The lowest BCUT2D eigenvalue weighted by atomic mass is 10.0. The molecular weight excluding hydrogens is 310 g/mol. The van der Waals surface area contributed by atoms with E-state index in [4.69, 9.17) is 9.47 Å². The number of hydrogen-bond acceptors (Lipinski definition) is 4. The van der Waals surface area contributed by atoms with Crippen molar-refractivity contribution >= 4 is 17.7 Å². The predicted octanol–water partition coefficient (Wildman–Crippen LogP) is 2.22. The van der Waals surface area contributed by atoms with E-state index in [0.29, 0.717) is 5.92 Å². The second-order valence-electron chi connectivity index (χ2n) is 6.31. The van der Waals surface area contributed by atoms with Crippen molar-refractivity contribution in [2.45, 2.75) is 37.9 Å². The molecule has 0 saturated carbocycles. The van der Waals surface area contributed by atoms with Crippen LogP contribution in [0.15, 0.2) is 4.99 Å². The molecule has 0 amide bonds. The zero-order valence-electron chi connectivity index (χ0n) is 14.8. The maximum absolute atomic E-state index is 5.82. The molecule has 0 radical (unpaired) electrons. The van der Waals surface area contributed by atoms with Gasteiger partial charge in [0.05, 0.1) is 0 Å². The minimum atomic E-state index is 0.696. The summed E-state index contributed by atoms with van der Waals surface area (Å²) < 4.78 is 11.2. The number of thioether (sulfide) groups is 1. The highest BCUT2D eigenvalue weighted by Gasteiger charge is 2.21. The van der Waals surface area contributed by atoms with Crippen molar-refractivity contribution in [2.75, 3.05) is 58.9 Å². The molecule has 2 aliphatic heterocycles. The van der Waals surface area contributed by atoms with Crippen LogP contribution < -0.4 is 5.32 Å². The molecule has 1 N–H and O–H groups in total. The van der Waals surface area contributed by atoms with Gasteiger partial charge in [0, 0.05) is 64.1 Å². The highest BCUT2D eigenvalue weighted by molar-refractivity contribution is 8.00. The zero-order chi connectivity index (χ0) is 16.3. The lowest BCUT2D eigenvalue weighted by Gasteiger charge is -2.34. The first kappa shape index (κ1) is 18.9. The molecule has 6 heteroatoms. The SMILES string of the molecule is CCC1CN(C(=NC)NCCCOCC2CCOCC2)CCS1. The van der Waals surface area contributed by atoms with Crippen LogP contribution in [0.4, 0.5) is 0 Å². The number of rotatable bonds is 7. The van der Waals surface area contributed by atoms with Gasteiger partial charge in [-0.15, -0.1) is 0 Å². The van der Waals surface area contributed by atoms with Crippen molar-refractivity contribution in [3.05, 3.63) is 0 Å². The fraction of sp³-hybridized carbons (Fsp3) is 0.941. The minimum Gasteiger partial charge on any atom is -0.381 e. The minimum absolute atomic E-state index is 0.696. The Kier molecular flexibility index (Phi) is 9.15. The number of nitrogens with zero attached hydrogens (tertiary/aromatic N) is 2. The number of hydrogen-bond donors (Lipinski definition) is 1. The van der Waals surface area contributed by atoms with Gasteiger partial charge in [0.1, 0.15) is 0 Å². The van der Waals surface area contributed by atoms with E-state index in [9.17, 15) is 0 Å². The van der Waals surface area contributed by atoms with Gasteiger partial charge in [-0.1, -0.05) is 6.92 Å². The Morgan fingerprint density at radius 1 is 1.39 bits per heavy atom. The van der Waals surface area contributed by atoms with E-state index in [-0.39, 0.29) is 0 Å². The van der Waals surface area contributed by atoms with Gasteiger partial charge in [0.25, 0.3) is 0 Å². The molecule has 5 nitrogen and oxygen atoms in total. The highest BCUT2D eigenvalue weighted by Crippen LogP contribution is 2.21. The largest absolute Gasteiger partial charge is 0.381 e. The molecule has 0 bridgehead atoms. The summed E-state index contributed by atoms with van der Waals surface area (Å²) in [5.41, 5.74) is 0. The number of aliphatic imine (C=N–C) groups is 1. The molecule has 0 spiro atoms. The molecule has 0 aromatic heterocycles. The summed E-state index contributed by atoms with van der Waals surface area (Å²) >= 11 is 2.09. The Hall–Kier alpha value is -0.460. The second-order valence-corrected chi connectivity index (χ2v) is 7.71. The summed E-state index contributed by atoms with van der Waals surface area (Å²) in [5.74, 6) is 2.95. The molecule has 0 aliphatic carbocycles. The monoisotopic (exact) mass is 343 g/mol. The third-order valence-corrected chi connectivity index (χ3v) is 5.92. The molecule has 0 aromatic carbocycles. The Morgan fingerprint density at radius 2 is 2.22 bits per heavy atom. The quantitative estimate of drug-likeness (QED) is 0.436. The van der Waals surface area contributed by atoms with Gasteiger partial charge in [-0.2, -0.15) is 11.8 Å². The smallest absolute Gasteiger partial charge is 0.193 e. The van der Waals surface area contributed by atoms with E-state index in [1.54, 1.807) is 0 Å². The second kappa shape index (κ2) is 11.2. The van der Waals surface area contributed by atoms with E-state index in [1.165, 1.54) is 12.2 Å². The maximum Gasteiger partial charge on any atom is 0.193 e. The van der Waals surface area contributed by atoms with Crippen molar-refractivity contribution in [2.24, 2.45) is 10.9 Å². The topological polar surface area (TPSA) is 46.1 Å². The van der Waals surface area contributed by atoms with Crippen molar-refractivity contribution in [1.82, 2.24) is 10.2 Å². The Balaban J connectivity index is 1.55. The van der Waals surface area contributed by atoms with Crippen LogP contribution in [-0.2, 0) is 9.47 Å². The van der Waals surface area contributed by atoms with Gasteiger partial charge in [-0.3, -0.25) is 4.99 Å². The molecule has 1 atom stereocenters. The maximum atomic E-state index is 5.82. The standard InChI is InChI=1S/C17H33N3O2S/c1-3-16-13-20(8-12-23-16)17(18-2)19-7-4-9-22-14-15-5-10-21-11-6-15/h15-16H,3-14H2,1-2H3,(H,18,19). The third-order valence-electron chi connectivity index (χ3n) is 4.55. The third kappa shape index (κ3) is 6.89. The Labute approximate surface area is 145 Å². The lowest BCUT2D eigenvalue weighted by molar-refractivity contribution is 0.0203. The molecule has 1 unspecified atom stereocenters. The van der Waals surface area contributed by atoms with Crippen LogP contribution in [-0.4, -0.2) is 75.0 Å². The van der Waals surface area contributed by atoms with Crippen LogP contribution in [0.25, 0.3) is 0 Å². The molecule has 2 aliphatic rings. The molecule has 2 heterocycles. The lowest BCUT2D eigenvalue weighted by Crippen LogP contribution is -2.48. The average Bonchev–Trinajstić information content (AvgIpc) is 2.62. The van der Waals surface area contributed by atoms with E-state index < -0.39 is 0 Å². The summed E-state index contributed by atoms with van der Waals surface area (Å²) in [6.45, 7) is 8.93. The van der Waals surface area contributed by atoms with E-state index in [0.717, 1.165) is 76.5 Å². The van der Waals surface area contributed by atoms with E-state index in [2.05, 4.69) is 33.9 Å². The fourth-order valence-electron chi connectivity index (χ4n) is 3.03. The molecule has 23 heavy (non-hydrogen) atoms. The van der Waals surface area contributed by atoms with Crippen LogP contribution in [0, 0.1) is 5.92 Å². The zero-order valence-corrected chi connectivity index (χ0v) is 15.6. The van der Waals surface area contributed by atoms with Gasteiger partial charge >= 0.3 is 0 Å². The molecular formula is C17H33N3O2S. The molecule has 2 rings (SSSR count). The van der Waals surface area contributed by atoms with Gasteiger partial charge in [-0.05, 0) is 31.6 Å². The van der Waals surface area contributed by atoms with Crippen LogP contribution in [0.5, 0.6) is 0 Å². The molecule has 0 aromatic rings. The van der Waals surface area contributed by atoms with Crippen LogP contribution in [0.1, 0.15) is 32.6 Å². The van der Waals surface area contributed by atoms with Crippen LogP contribution in [0.2, 0.25) is 0 Å². The number of ether oxygens (including phenoxy) is 2. The van der Waals surface area contributed by atoms with Crippen molar-refractivity contribution in [3.63, 3.8) is 0 Å². The first-order valence-electron chi connectivity index (χ1n) is 9.06. The summed E-state index contributed by atoms with van der Waals surface area (Å²) in [7, 11) is 1.88. The Morgan fingerprint density at radius 3 is 2.96 bits per heavy atom. The summed E-state index contributed by atoms with van der Waals surface area (Å²) in [5, 5.41) is 4.23. The molecule has 2 saturated heterocycles. The first-order valence-corrected chi connectivity index (χ1v) is 10.1. The summed E-state index contributed by atoms with van der Waals surface area (Å²) in [4.78, 5) is 6.84. The Bertz CT molecular complexity index is 349. The van der Waals surface area contributed by atoms with Gasteiger partial charge in [0.2, 0.25) is 0 Å². The molecule has 2 fully saturated rings. The van der Waals surface area contributed by atoms with E-state index in [1.807, 2.05) is 7.05 Å². The summed E-state index contributed by atoms with van der Waals surface area (Å²) in [6, 6.07) is 0. The number of nitrogens with one attached hydrogen (secondary N) is 1. The van der Waals surface area contributed by atoms with Gasteiger partial charge in [-0.25, -0.2) is 0 Å². The molecule has 134 valence electrons. The van der Waals surface area contributed by atoms with E-state index >= 15 is 0 Å². The average molecular weight is 344 g/mol. The fourth-order valence-corrected chi connectivity index (χ4v) is 4.21. The van der Waals surface area contributed by atoms with Crippen LogP contribution >= 0.6 is 11.8 Å². The van der Waals surface area contributed by atoms with Crippen molar-refractivity contribution in [1.29, 1.82) is 0 Å².